The van der Waals surface area contributed by atoms with E-state index in [0.717, 1.165) is 18.8 Å². The van der Waals surface area contributed by atoms with Crippen LogP contribution in [0.25, 0.3) is 0 Å². The van der Waals surface area contributed by atoms with Crippen LogP contribution >= 0.6 is 0 Å². The van der Waals surface area contributed by atoms with Gasteiger partial charge in [0.05, 0.1) is 0 Å². The van der Waals surface area contributed by atoms with Crippen molar-refractivity contribution in [2.24, 2.45) is 0 Å². The SMILES string of the molecule is CCN(CC)C(=O)c1ccc(Nc2ccc(N3CCCCC3)cc2)nn1. The summed E-state index contributed by atoms with van der Waals surface area (Å²) >= 11 is 0. The molecule has 138 valence electrons. The summed E-state index contributed by atoms with van der Waals surface area (Å²) in [5, 5.41) is 11.5. The van der Waals surface area contributed by atoms with E-state index in [1.807, 2.05) is 13.8 Å². The number of nitrogens with zero attached hydrogens (tertiary/aromatic N) is 4. The smallest absolute Gasteiger partial charge is 0.274 e. The highest BCUT2D eigenvalue weighted by Gasteiger charge is 2.14. The first-order chi connectivity index (χ1) is 12.7. The fourth-order valence-electron chi connectivity index (χ4n) is 3.24. The molecule has 1 amide bonds. The molecule has 1 fully saturated rings. The van der Waals surface area contributed by atoms with Gasteiger partial charge in [-0.3, -0.25) is 4.79 Å². The van der Waals surface area contributed by atoms with E-state index in [2.05, 4.69) is 44.7 Å². The van der Waals surface area contributed by atoms with Crippen LogP contribution in [-0.4, -0.2) is 47.2 Å². The lowest BCUT2D eigenvalue weighted by Gasteiger charge is -2.28. The molecule has 1 aromatic carbocycles. The minimum absolute atomic E-state index is 0.0834. The van der Waals surface area contributed by atoms with Gasteiger partial charge in [0.15, 0.2) is 11.5 Å². The van der Waals surface area contributed by atoms with E-state index in [4.69, 9.17) is 0 Å². The van der Waals surface area contributed by atoms with E-state index in [1.165, 1.54) is 24.9 Å². The number of nitrogens with one attached hydrogen (secondary N) is 1. The van der Waals surface area contributed by atoms with Gasteiger partial charge in [-0.05, 0) is 69.5 Å². The van der Waals surface area contributed by atoms with Crippen molar-refractivity contribution in [3.05, 3.63) is 42.1 Å². The summed E-state index contributed by atoms with van der Waals surface area (Å²) in [6.45, 7) is 7.53. The van der Waals surface area contributed by atoms with Crippen molar-refractivity contribution in [3.8, 4) is 0 Å². The monoisotopic (exact) mass is 353 g/mol. The molecular weight excluding hydrogens is 326 g/mol. The third-order valence-electron chi connectivity index (χ3n) is 4.80. The molecule has 6 heteroatoms. The van der Waals surface area contributed by atoms with E-state index in [0.29, 0.717) is 24.6 Å². The van der Waals surface area contributed by atoms with E-state index in [-0.39, 0.29) is 5.91 Å². The van der Waals surface area contributed by atoms with Gasteiger partial charge in [0.25, 0.3) is 5.91 Å². The van der Waals surface area contributed by atoms with Gasteiger partial charge in [-0.25, -0.2) is 0 Å². The minimum Gasteiger partial charge on any atom is -0.372 e. The fourth-order valence-corrected chi connectivity index (χ4v) is 3.24. The van der Waals surface area contributed by atoms with Crippen LogP contribution in [-0.2, 0) is 0 Å². The molecule has 0 radical (unpaired) electrons. The first-order valence-corrected chi connectivity index (χ1v) is 9.46. The second-order valence-electron chi connectivity index (χ2n) is 6.50. The summed E-state index contributed by atoms with van der Waals surface area (Å²) < 4.78 is 0. The van der Waals surface area contributed by atoms with Crippen molar-refractivity contribution in [3.63, 3.8) is 0 Å². The maximum Gasteiger partial charge on any atom is 0.274 e. The molecule has 3 rings (SSSR count). The number of piperidine rings is 1. The Bertz CT molecular complexity index is 704. The van der Waals surface area contributed by atoms with Crippen molar-refractivity contribution < 1.29 is 4.79 Å². The summed E-state index contributed by atoms with van der Waals surface area (Å²) in [4.78, 5) is 16.4. The van der Waals surface area contributed by atoms with Gasteiger partial charge in [0, 0.05) is 37.6 Å². The van der Waals surface area contributed by atoms with E-state index < -0.39 is 0 Å². The Morgan fingerprint density at radius 1 is 1.00 bits per heavy atom. The number of carbonyl (C=O) groups is 1. The van der Waals surface area contributed by atoms with Gasteiger partial charge in [-0.15, -0.1) is 10.2 Å². The number of amides is 1. The summed E-state index contributed by atoms with van der Waals surface area (Å²) in [5.41, 5.74) is 2.60. The molecule has 0 aliphatic carbocycles. The van der Waals surface area contributed by atoms with Gasteiger partial charge >= 0.3 is 0 Å². The molecular formula is C20H27N5O. The Balaban J connectivity index is 1.62. The molecule has 1 aliphatic heterocycles. The van der Waals surface area contributed by atoms with Crippen molar-refractivity contribution in [1.82, 2.24) is 15.1 Å². The predicted octanol–water partition coefficient (Wildman–Crippen LogP) is 3.69. The summed E-state index contributed by atoms with van der Waals surface area (Å²) in [5.74, 6) is 0.548. The standard InChI is InChI=1S/C20H27N5O/c1-3-24(4-2)20(26)18-12-13-19(23-22-18)21-16-8-10-17(11-9-16)25-14-6-5-7-15-25/h8-13H,3-7,14-15H2,1-2H3,(H,21,23). The molecule has 2 aromatic rings. The van der Waals surface area contributed by atoms with Crippen LogP contribution in [0.4, 0.5) is 17.2 Å². The minimum atomic E-state index is -0.0834. The number of benzene rings is 1. The first kappa shape index (κ1) is 18.2. The average molecular weight is 353 g/mol. The van der Waals surface area contributed by atoms with Gasteiger partial charge in [0.2, 0.25) is 0 Å². The number of aromatic nitrogens is 2. The van der Waals surface area contributed by atoms with E-state index in [9.17, 15) is 4.79 Å². The molecule has 0 spiro atoms. The van der Waals surface area contributed by atoms with Crippen LogP contribution in [0, 0.1) is 0 Å². The Labute approximate surface area is 155 Å². The topological polar surface area (TPSA) is 61.4 Å². The molecule has 26 heavy (non-hydrogen) atoms. The van der Waals surface area contributed by atoms with Gasteiger partial charge in [0.1, 0.15) is 0 Å². The van der Waals surface area contributed by atoms with Crippen LogP contribution in [0.5, 0.6) is 0 Å². The highest BCUT2D eigenvalue weighted by Crippen LogP contribution is 2.23. The zero-order chi connectivity index (χ0) is 18.4. The van der Waals surface area contributed by atoms with Gasteiger partial charge in [-0.2, -0.15) is 0 Å². The van der Waals surface area contributed by atoms with E-state index in [1.54, 1.807) is 17.0 Å². The van der Waals surface area contributed by atoms with Crippen molar-refractivity contribution >= 4 is 23.1 Å². The fraction of sp³-hybridized carbons (Fsp3) is 0.450. The quantitative estimate of drug-likeness (QED) is 0.858. The number of rotatable bonds is 6. The third-order valence-corrected chi connectivity index (χ3v) is 4.80. The van der Waals surface area contributed by atoms with Crippen LogP contribution in [0.2, 0.25) is 0 Å². The molecule has 1 N–H and O–H groups in total. The summed E-state index contributed by atoms with van der Waals surface area (Å²) in [6, 6.07) is 11.9. The van der Waals surface area contributed by atoms with Crippen LogP contribution in [0.15, 0.2) is 36.4 Å². The Morgan fingerprint density at radius 3 is 2.27 bits per heavy atom. The first-order valence-electron chi connectivity index (χ1n) is 9.46. The summed E-state index contributed by atoms with van der Waals surface area (Å²) in [6.07, 6.45) is 3.88. The van der Waals surface area contributed by atoms with Crippen molar-refractivity contribution in [2.45, 2.75) is 33.1 Å². The number of anilines is 3. The average Bonchev–Trinajstić information content (AvgIpc) is 2.71. The maximum absolute atomic E-state index is 12.3. The zero-order valence-electron chi connectivity index (χ0n) is 15.6. The van der Waals surface area contributed by atoms with Crippen LogP contribution < -0.4 is 10.2 Å². The zero-order valence-corrected chi connectivity index (χ0v) is 15.6. The molecule has 1 aromatic heterocycles. The number of hydrogen-bond acceptors (Lipinski definition) is 5. The molecule has 0 unspecified atom stereocenters. The molecule has 1 aliphatic rings. The number of carbonyl (C=O) groups excluding carboxylic acids is 1. The van der Waals surface area contributed by atoms with Gasteiger partial charge in [-0.1, -0.05) is 0 Å². The molecule has 2 heterocycles. The lowest BCUT2D eigenvalue weighted by molar-refractivity contribution is 0.0766. The largest absolute Gasteiger partial charge is 0.372 e. The van der Waals surface area contributed by atoms with Gasteiger partial charge < -0.3 is 15.1 Å². The summed E-state index contributed by atoms with van der Waals surface area (Å²) in [7, 11) is 0. The maximum atomic E-state index is 12.3. The second-order valence-corrected chi connectivity index (χ2v) is 6.50. The molecule has 1 saturated heterocycles. The third kappa shape index (κ3) is 4.31. The lowest BCUT2D eigenvalue weighted by atomic mass is 10.1. The van der Waals surface area contributed by atoms with Crippen molar-refractivity contribution in [1.29, 1.82) is 0 Å². The predicted molar refractivity (Wildman–Crippen MR) is 105 cm³/mol. The molecule has 0 bridgehead atoms. The highest BCUT2D eigenvalue weighted by molar-refractivity contribution is 5.92. The van der Waals surface area contributed by atoms with Crippen molar-refractivity contribution in [2.75, 3.05) is 36.4 Å². The Kier molecular flexibility index (Phi) is 6.04. The Hall–Kier alpha value is -2.63. The highest BCUT2D eigenvalue weighted by atomic mass is 16.2. The number of hydrogen-bond donors (Lipinski definition) is 1. The normalized spacial score (nSPS) is 14.2. The lowest BCUT2D eigenvalue weighted by Crippen LogP contribution is -2.31. The molecule has 0 saturated carbocycles. The molecule has 0 atom stereocenters. The van der Waals surface area contributed by atoms with E-state index >= 15 is 0 Å². The van der Waals surface area contributed by atoms with Crippen LogP contribution in [0.3, 0.4) is 0 Å². The Morgan fingerprint density at radius 2 is 1.69 bits per heavy atom. The second kappa shape index (κ2) is 8.65. The molecule has 6 nitrogen and oxygen atoms in total. The van der Waals surface area contributed by atoms with Crippen LogP contribution in [0.1, 0.15) is 43.6 Å².